The van der Waals surface area contributed by atoms with Crippen molar-refractivity contribution in [3.63, 3.8) is 0 Å². The lowest BCUT2D eigenvalue weighted by Crippen LogP contribution is -2.31. The summed E-state index contributed by atoms with van der Waals surface area (Å²) in [4.78, 5) is 23.9. The average molecular weight is 633 g/mol. The van der Waals surface area contributed by atoms with Gasteiger partial charge in [-0.15, -0.1) is 0 Å². The zero-order valence-electron chi connectivity index (χ0n) is 27.2. The van der Waals surface area contributed by atoms with Gasteiger partial charge in [0.05, 0.1) is 16.8 Å². The number of fused-ring (bicyclic) bond motifs is 5. The van der Waals surface area contributed by atoms with Gasteiger partial charge in [0, 0.05) is 46.5 Å². The highest BCUT2D eigenvalue weighted by Gasteiger charge is 2.46. The molecule has 0 spiro atoms. The molecule has 1 N–H and O–H groups in total. The highest BCUT2D eigenvalue weighted by molar-refractivity contribution is 5.93. The number of aromatic amines is 1. The van der Waals surface area contributed by atoms with Crippen LogP contribution in [0.25, 0.3) is 51.2 Å². The van der Waals surface area contributed by atoms with Crippen molar-refractivity contribution >= 4 is 0 Å². The Hall–Kier alpha value is -6.40. The monoisotopic (exact) mass is 632 g/mol. The summed E-state index contributed by atoms with van der Waals surface area (Å²) in [5.41, 5.74) is 12.3. The number of hydrogen-bond acceptors (Lipinski definition) is 4. The minimum absolute atomic E-state index is 0.567. The summed E-state index contributed by atoms with van der Waals surface area (Å²) < 4.78 is 2.22. The lowest BCUT2D eigenvalue weighted by molar-refractivity contribution is 0.746. The Kier molecular flexibility index (Phi) is 6.69. The molecule has 0 unspecified atom stereocenters. The summed E-state index contributed by atoms with van der Waals surface area (Å²) >= 11 is 0. The molecule has 0 atom stereocenters. The number of H-pyrrole nitrogens is 1. The fourth-order valence-electron chi connectivity index (χ4n) is 7.61. The molecule has 6 heteroatoms. The molecular weight excluding hydrogens is 601 g/mol. The summed E-state index contributed by atoms with van der Waals surface area (Å²) in [6.07, 6.45) is 6.00. The zero-order chi connectivity index (χ0) is 33.0. The smallest absolute Gasteiger partial charge is 0.238 e. The minimum atomic E-state index is -0.658. The van der Waals surface area contributed by atoms with Crippen molar-refractivity contribution in [3.05, 3.63) is 186 Å². The average Bonchev–Trinajstić information content (AvgIpc) is 3.73. The molecule has 234 valence electrons. The lowest BCUT2D eigenvalue weighted by Gasteiger charge is -2.36. The third-order valence-corrected chi connectivity index (χ3v) is 9.90. The van der Waals surface area contributed by atoms with Gasteiger partial charge in [-0.2, -0.15) is 9.97 Å². The Balaban J connectivity index is 1.41. The van der Waals surface area contributed by atoms with E-state index in [1.54, 1.807) is 0 Å². The van der Waals surface area contributed by atoms with Crippen molar-refractivity contribution in [1.29, 1.82) is 0 Å². The number of aromatic nitrogens is 6. The first-order chi connectivity index (χ1) is 24.2. The van der Waals surface area contributed by atoms with Crippen LogP contribution in [0.4, 0.5) is 0 Å². The van der Waals surface area contributed by atoms with Crippen LogP contribution in [-0.4, -0.2) is 29.5 Å². The second-order valence-electron chi connectivity index (χ2n) is 12.5. The number of pyridine rings is 1. The summed E-state index contributed by atoms with van der Waals surface area (Å²) in [6.45, 7) is 4.36. The molecule has 1 aliphatic rings. The fraction of sp³-hybridized carbons (Fsp3) is 0.0698. The van der Waals surface area contributed by atoms with Gasteiger partial charge >= 0.3 is 0 Å². The van der Waals surface area contributed by atoms with Crippen LogP contribution in [0, 0.1) is 13.8 Å². The minimum Gasteiger partial charge on any atom is -0.361 e. The van der Waals surface area contributed by atoms with Gasteiger partial charge < -0.3 is 4.98 Å². The number of nitrogens with one attached hydrogen (secondary N) is 1. The van der Waals surface area contributed by atoms with Crippen LogP contribution >= 0.6 is 0 Å². The normalized spacial score (nSPS) is 12.9. The number of benzene rings is 4. The van der Waals surface area contributed by atoms with E-state index in [4.69, 9.17) is 19.9 Å². The molecule has 9 rings (SSSR count). The van der Waals surface area contributed by atoms with E-state index in [1.165, 1.54) is 16.7 Å². The van der Waals surface area contributed by atoms with Gasteiger partial charge in [0.1, 0.15) is 0 Å². The summed E-state index contributed by atoms with van der Waals surface area (Å²) in [6, 6.07) is 46.2. The molecule has 0 saturated carbocycles. The van der Waals surface area contributed by atoms with Gasteiger partial charge in [-0.25, -0.2) is 4.98 Å². The van der Waals surface area contributed by atoms with E-state index in [9.17, 15) is 0 Å². The van der Waals surface area contributed by atoms with Gasteiger partial charge in [-0.1, -0.05) is 121 Å². The molecule has 0 aliphatic heterocycles. The lowest BCUT2D eigenvalue weighted by atomic mass is 9.65. The molecule has 0 fully saturated rings. The van der Waals surface area contributed by atoms with Crippen molar-refractivity contribution < 1.29 is 0 Å². The summed E-state index contributed by atoms with van der Waals surface area (Å²) in [7, 11) is 0. The maximum absolute atomic E-state index is 5.20. The second-order valence-corrected chi connectivity index (χ2v) is 12.5. The Morgan fingerprint density at radius 1 is 0.592 bits per heavy atom. The Labute approximate surface area is 284 Å². The van der Waals surface area contributed by atoms with E-state index in [1.807, 2.05) is 73.1 Å². The Morgan fingerprint density at radius 2 is 1.14 bits per heavy atom. The zero-order valence-corrected chi connectivity index (χ0v) is 27.2. The molecule has 1 aliphatic carbocycles. The fourth-order valence-corrected chi connectivity index (χ4v) is 7.61. The highest BCUT2D eigenvalue weighted by Crippen LogP contribution is 2.56. The molecule has 4 heterocycles. The van der Waals surface area contributed by atoms with Crippen molar-refractivity contribution in [2.75, 3.05) is 0 Å². The molecule has 4 aromatic heterocycles. The van der Waals surface area contributed by atoms with Crippen LogP contribution < -0.4 is 0 Å². The van der Waals surface area contributed by atoms with Gasteiger partial charge in [-0.05, 0) is 53.8 Å². The van der Waals surface area contributed by atoms with Crippen LogP contribution in [0.15, 0.2) is 152 Å². The standard InChI is InChI=1S/C43H32N6/c1-28-29(2)49(42-47-40(30-15-7-3-8-16-30)46-41(48-42)31-17-9-4-10-18-31)39-34-23-25-44-27-36(34)43(32-19-11-5-12-20-32,33-21-13-6-14-22-33)35-24-26-45-38(35)37(28)39/h3-27,45H,1-2H3. The molecule has 0 saturated heterocycles. The van der Waals surface area contributed by atoms with Gasteiger partial charge in [0.25, 0.3) is 0 Å². The molecule has 0 bridgehead atoms. The molecule has 0 radical (unpaired) electrons. The second kappa shape index (κ2) is 11.4. The Bertz CT molecular complexity index is 2350. The topological polar surface area (TPSA) is 72.3 Å². The van der Waals surface area contributed by atoms with Crippen LogP contribution in [0.5, 0.6) is 0 Å². The molecule has 8 aromatic rings. The predicted molar refractivity (Wildman–Crippen MR) is 194 cm³/mol. The predicted octanol–water partition coefficient (Wildman–Crippen LogP) is 9.37. The van der Waals surface area contributed by atoms with Crippen molar-refractivity contribution in [2.45, 2.75) is 19.3 Å². The van der Waals surface area contributed by atoms with Crippen molar-refractivity contribution in [3.8, 4) is 51.2 Å². The molecule has 0 amide bonds. The van der Waals surface area contributed by atoms with E-state index in [-0.39, 0.29) is 0 Å². The summed E-state index contributed by atoms with van der Waals surface area (Å²) in [5, 5.41) is 0. The molecule has 4 aromatic carbocycles. The van der Waals surface area contributed by atoms with E-state index < -0.39 is 5.41 Å². The molecule has 6 nitrogen and oxygen atoms in total. The van der Waals surface area contributed by atoms with E-state index in [2.05, 4.69) is 102 Å². The van der Waals surface area contributed by atoms with Crippen LogP contribution in [0.1, 0.15) is 33.5 Å². The van der Waals surface area contributed by atoms with Gasteiger partial charge in [0.2, 0.25) is 5.95 Å². The molecular formula is C43H32N6. The maximum atomic E-state index is 5.20. The first kappa shape index (κ1) is 28.8. The first-order valence-electron chi connectivity index (χ1n) is 16.5. The van der Waals surface area contributed by atoms with E-state index in [0.717, 1.165) is 50.5 Å². The highest BCUT2D eigenvalue weighted by atomic mass is 15.2. The van der Waals surface area contributed by atoms with Crippen molar-refractivity contribution in [2.24, 2.45) is 0 Å². The Morgan fingerprint density at radius 3 is 1.71 bits per heavy atom. The summed E-state index contributed by atoms with van der Waals surface area (Å²) in [5.74, 6) is 1.81. The van der Waals surface area contributed by atoms with Gasteiger partial charge in [-0.3, -0.25) is 9.55 Å². The van der Waals surface area contributed by atoms with Crippen molar-refractivity contribution in [1.82, 2.24) is 29.5 Å². The maximum Gasteiger partial charge on any atom is 0.238 e. The SMILES string of the molecule is Cc1c2c(n(-c3nc(-c4ccccc4)nc(-c4ccccc4)n3)c1C)-c1ccncc1C(c1ccccc1)(c1ccccc1)c1cc[nH]c1-2. The number of nitrogens with zero attached hydrogens (tertiary/aromatic N) is 5. The van der Waals surface area contributed by atoms with Crippen LogP contribution in [0.3, 0.4) is 0 Å². The quantitative estimate of drug-likeness (QED) is 0.205. The number of hydrogen-bond donors (Lipinski definition) is 1. The molecule has 49 heavy (non-hydrogen) atoms. The van der Waals surface area contributed by atoms with E-state index in [0.29, 0.717) is 17.6 Å². The largest absolute Gasteiger partial charge is 0.361 e. The van der Waals surface area contributed by atoms with Gasteiger partial charge in [0.15, 0.2) is 11.6 Å². The van der Waals surface area contributed by atoms with Crippen LogP contribution in [-0.2, 0) is 5.41 Å². The third kappa shape index (κ3) is 4.34. The van der Waals surface area contributed by atoms with E-state index >= 15 is 0 Å². The third-order valence-electron chi connectivity index (χ3n) is 9.90. The van der Waals surface area contributed by atoms with Crippen LogP contribution in [0.2, 0.25) is 0 Å². The first-order valence-corrected chi connectivity index (χ1v) is 16.5. The number of rotatable bonds is 5.